The second kappa shape index (κ2) is 7.66. The number of aryl methyl sites for hydroxylation is 1. The lowest BCUT2D eigenvalue weighted by Crippen LogP contribution is -2.34. The summed E-state index contributed by atoms with van der Waals surface area (Å²) in [7, 11) is 1.80. The summed E-state index contributed by atoms with van der Waals surface area (Å²) >= 11 is 6.02. The number of fused-ring (bicyclic) bond motifs is 1. The van der Waals surface area contributed by atoms with Crippen molar-refractivity contribution in [2.24, 2.45) is 13.0 Å². The Labute approximate surface area is 167 Å². The van der Waals surface area contributed by atoms with Crippen molar-refractivity contribution in [3.8, 4) is 6.07 Å². The molecule has 0 saturated carbocycles. The molecule has 1 aliphatic rings. The molecule has 144 valence electrons. The minimum atomic E-state index is -0.0117. The van der Waals surface area contributed by atoms with Gasteiger partial charge in [0.15, 0.2) is 0 Å². The minimum absolute atomic E-state index is 0.0117. The molecule has 0 bridgehead atoms. The third kappa shape index (κ3) is 3.37. The summed E-state index contributed by atoms with van der Waals surface area (Å²) in [5.41, 5.74) is 3.41. The molecule has 1 fully saturated rings. The van der Waals surface area contributed by atoms with E-state index in [-0.39, 0.29) is 10.8 Å². The Morgan fingerprint density at radius 3 is 3.00 bits per heavy atom. The van der Waals surface area contributed by atoms with Gasteiger partial charge in [0.05, 0.1) is 16.7 Å². The first kappa shape index (κ1) is 18.5. The van der Waals surface area contributed by atoms with Crippen LogP contribution >= 0.6 is 11.6 Å². The number of imidazole rings is 1. The van der Waals surface area contributed by atoms with Gasteiger partial charge in [-0.25, -0.2) is 9.78 Å². The van der Waals surface area contributed by atoms with Crippen LogP contribution in [0, 0.1) is 17.2 Å². The van der Waals surface area contributed by atoms with Gasteiger partial charge in [0.2, 0.25) is 0 Å². The van der Waals surface area contributed by atoms with Crippen molar-refractivity contribution in [3.63, 3.8) is 0 Å². The van der Waals surface area contributed by atoms with E-state index in [0.29, 0.717) is 23.7 Å². The topological polar surface area (TPSA) is 87.7 Å². The molecule has 7 nitrogen and oxygen atoms in total. The van der Waals surface area contributed by atoms with Crippen molar-refractivity contribution >= 4 is 34.0 Å². The average molecular weight is 397 g/mol. The molecule has 0 amide bonds. The first-order valence-electron chi connectivity index (χ1n) is 9.30. The van der Waals surface area contributed by atoms with E-state index < -0.39 is 0 Å². The summed E-state index contributed by atoms with van der Waals surface area (Å²) in [4.78, 5) is 16.7. The van der Waals surface area contributed by atoms with Gasteiger partial charge in [-0.15, -0.1) is 0 Å². The Hall–Kier alpha value is -2.82. The highest BCUT2D eigenvalue weighted by Crippen LogP contribution is 2.27. The molecule has 1 aromatic carbocycles. The Bertz CT molecular complexity index is 1120. The van der Waals surface area contributed by atoms with E-state index >= 15 is 0 Å². The van der Waals surface area contributed by atoms with Crippen LogP contribution in [0.1, 0.15) is 18.4 Å². The highest BCUT2D eigenvalue weighted by molar-refractivity contribution is 6.31. The molecule has 1 aliphatic heterocycles. The maximum atomic E-state index is 12.8. The molecule has 2 aromatic heterocycles. The van der Waals surface area contributed by atoms with E-state index in [4.69, 9.17) is 11.6 Å². The third-order valence-electron chi connectivity index (χ3n) is 5.28. The number of piperidine rings is 1. The standard InChI is InChI=1S/C20H21ClN6O/c1-26-17-5-4-14(25-16-6-8-24-19(21)15(16)10-22)9-18(17)27(20(26)28)12-13-3-2-7-23-11-13/h4-6,8-9,13,23H,2-3,7,11-12H2,1H3,(H,24,25). The molecule has 1 saturated heterocycles. The number of benzene rings is 1. The van der Waals surface area contributed by atoms with Crippen LogP contribution in [-0.4, -0.2) is 27.2 Å². The minimum Gasteiger partial charge on any atom is -0.354 e. The van der Waals surface area contributed by atoms with Gasteiger partial charge in [0.25, 0.3) is 0 Å². The first-order valence-corrected chi connectivity index (χ1v) is 9.68. The molecule has 8 heteroatoms. The van der Waals surface area contributed by atoms with E-state index in [0.717, 1.165) is 42.7 Å². The Morgan fingerprint density at radius 1 is 1.39 bits per heavy atom. The summed E-state index contributed by atoms with van der Waals surface area (Å²) in [6, 6.07) is 9.55. The molecule has 28 heavy (non-hydrogen) atoms. The van der Waals surface area contributed by atoms with Crippen LogP contribution in [0.2, 0.25) is 5.15 Å². The van der Waals surface area contributed by atoms with Gasteiger partial charge in [-0.2, -0.15) is 5.26 Å². The Kier molecular flexibility index (Phi) is 5.07. The number of aromatic nitrogens is 3. The van der Waals surface area contributed by atoms with E-state index in [1.165, 1.54) is 0 Å². The predicted molar refractivity (Wildman–Crippen MR) is 110 cm³/mol. The van der Waals surface area contributed by atoms with E-state index in [2.05, 4.69) is 21.7 Å². The zero-order valence-electron chi connectivity index (χ0n) is 15.6. The molecule has 0 aliphatic carbocycles. The zero-order valence-corrected chi connectivity index (χ0v) is 16.3. The Morgan fingerprint density at radius 2 is 2.25 bits per heavy atom. The van der Waals surface area contributed by atoms with Crippen molar-refractivity contribution in [1.82, 2.24) is 19.4 Å². The number of halogens is 1. The molecular formula is C20H21ClN6O. The van der Waals surface area contributed by atoms with Gasteiger partial charge >= 0.3 is 5.69 Å². The number of nitrogens with one attached hydrogen (secondary N) is 2. The number of hydrogen-bond donors (Lipinski definition) is 2. The molecule has 4 rings (SSSR count). The van der Waals surface area contributed by atoms with Crippen LogP contribution in [0.15, 0.2) is 35.3 Å². The molecule has 3 heterocycles. The van der Waals surface area contributed by atoms with Crippen molar-refractivity contribution < 1.29 is 0 Å². The summed E-state index contributed by atoms with van der Waals surface area (Å²) in [5.74, 6) is 0.442. The van der Waals surface area contributed by atoms with Crippen molar-refractivity contribution in [2.45, 2.75) is 19.4 Å². The summed E-state index contributed by atoms with van der Waals surface area (Å²) in [6.07, 6.45) is 3.81. The highest BCUT2D eigenvalue weighted by atomic mass is 35.5. The smallest absolute Gasteiger partial charge is 0.328 e. The van der Waals surface area contributed by atoms with Gasteiger partial charge in [0, 0.05) is 25.5 Å². The predicted octanol–water partition coefficient (Wildman–Crippen LogP) is 3.00. The number of anilines is 2. The third-order valence-corrected chi connectivity index (χ3v) is 5.57. The maximum Gasteiger partial charge on any atom is 0.328 e. The van der Waals surface area contributed by atoms with E-state index in [1.54, 1.807) is 23.9 Å². The second-order valence-electron chi connectivity index (χ2n) is 7.13. The van der Waals surface area contributed by atoms with Gasteiger partial charge < -0.3 is 10.6 Å². The van der Waals surface area contributed by atoms with Gasteiger partial charge in [0.1, 0.15) is 16.8 Å². The van der Waals surface area contributed by atoms with Crippen LogP contribution in [0.3, 0.4) is 0 Å². The van der Waals surface area contributed by atoms with E-state index in [9.17, 15) is 10.1 Å². The lowest BCUT2D eigenvalue weighted by molar-refractivity contribution is 0.336. The first-order chi connectivity index (χ1) is 13.6. The fourth-order valence-electron chi connectivity index (χ4n) is 3.80. The molecule has 2 N–H and O–H groups in total. The molecular weight excluding hydrogens is 376 g/mol. The summed E-state index contributed by atoms with van der Waals surface area (Å²) < 4.78 is 3.53. The largest absolute Gasteiger partial charge is 0.354 e. The lowest BCUT2D eigenvalue weighted by atomic mass is 10.00. The Balaban J connectivity index is 1.72. The number of nitriles is 1. The van der Waals surface area contributed by atoms with Crippen molar-refractivity contribution in [3.05, 3.63) is 51.7 Å². The summed E-state index contributed by atoms with van der Waals surface area (Å²) in [5, 5.41) is 16.1. The number of hydrogen-bond acceptors (Lipinski definition) is 5. The van der Waals surface area contributed by atoms with Gasteiger partial charge in [-0.05, 0) is 56.1 Å². The van der Waals surface area contributed by atoms with Gasteiger partial charge in [-0.3, -0.25) is 9.13 Å². The quantitative estimate of drug-likeness (QED) is 0.662. The zero-order chi connectivity index (χ0) is 19.7. The summed E-state index contributed by atoms with van der Waals surface area (Å²) in [6.45, 7) is 2.67. The second-order valence-corrected chi connectivity index (χ2v) is 7.49. The van der Waals surface area contributed by atoms with Crippen molar-refractivity contribution in [2.75, 3.05) is 18.4 Å². The van der Waals surface area contributed by atoms with Crippen LogP contribution in [0.4, 0.5) is 11.4 Å². The van der Waals surface area contributed by atoms with Crippen LogP contribution in [0.25, 0.3) is 11.0 Å². The number of nitrogens with zero attached hydrogens (tertiary/aromatic N) is 4. The molecule has 3 aromatic rings. The molecule has 1 unspecified atom stereocenters. The molecule has 0 radical (unpaired) electrons. The number of pyridine rings is 1. The fourth-order valence-corrected chi connectivity index (χ4v) is 4.01. The van der Waals surface area contributed by atoms with Gasteiger partial charge in [-0.1, -0.05) is 11.6 Å². The monoisotopic (exact) mass is 396 g/mol. The highest BCUT2D eigenvalue weighted by Gasteiger charge is 2.18. The SMILES string of the molecule is Cn1c(=O)n(CC2CCCNC2)c2cc(Nc3ccnc(Cl)c3C#N)ccc21. The van der Waals surface area contributed by atoms with Crippen LogP contribution in [-0.2, 0) is 13.6 Å². The fraction of sp³-hybridized carbons (Fsp3) is 0.350. The lowest BCUT2D eigenvalue weighted by Gasteiger charge is -2.23. The van der Waals surface area contributed by atoms with E-state index in [1.807, 2.05) is 22.8 Å². The van der Waals surface area contributed by atoms with Crippen LogP contribution in [0.5, 0.6) is 0 Å². The van der Waals surface area contributed by atoms with Crippen molar-refractivity contribution in [1.29, 1.82) is 5.26 Å². The van der Waals surface area contributed by atoms with Crippen LogP contribution < -0.4 is 16.3 Å². The number of rotatable bonds is 4. The molecule has 1 atom stereocenters. The maximum absolute atomic E-state index is 12.8. The average Bonchev–Trinajstić information content (AvgIpc) is 2.93. The normalized spacial score (nSPS) is 16.8. The molecule has 0 spiro atoms.